The molecule has 1 aromatic heterocycles. The first-order valence-electron chi connectivity index (χ1n) is 11.7. The molecule has 2 heterocycles. The first kappa shape index (κ1) is 27.3. The molecular weight excluding hydrogens is 450 g/mol. The number of nitriles is 1. The second kappa shape index (κ2) is 15.0. The van der Waals surface area contributed by atoms with Gasteiger partial charge in [0.25, 0.3) is 0 Å². The molecule has 1 saturated carbocycles. The fraction of sp³-hybridized carbons (Fsp3) is 0.462. The van der Waals surface area contributed by atoms with Crippen molar-refractivity contribution in [1.82, 2.24) is 10.2 Å². The number of allylic oxidation sites excluding steroid dienone is 1. The van der Waals surface area contributed by atoms with Crippen molar-refractivity contribution in [2.75, 3.05) is 25.0 Å². The van der Waals surface area contributed by atoms with E-state index >= 15 is 0 Å². The molecule has 0 atom stereocenters. The third-order valence-electron chi connectivity index (χ3n) is 5.90. The molecule has 0 amide bonds. The van der Waals surface area contributed by atoms with E-state index in [0.29, 0.717) is 34.6 Å². The van der Waals surface area contributed by atoms with Crippen LogP contribution in [0.25, 0.3) is 0 Å². The van der Waals surface area contributed by atoms with Crippen molar-refractivity contribution < 1.29 is 9.53 Å². The number of nitrogens with zero attached hydrogens (tertiary/aromatic N) is 4. The van der Waals surface area contributed by atoms with Crippen molar-refractivity contribution in [2.24, 2.45) is 11.7 Å². The lowest BCUT2D eigenvalue weighted by Crippen LogP contribution is -2.33. The van der Waals surface area contributed by atoms with E-state index < -0.39 is 0 Å². The van der Waals surface area contributed by atoms with Gasteiger partial charge in [-0.2, -0.15) is 5.26 Å². The van der Waals surface area contributed by atoms with E-state index in [9.17, 15) is 4.79 Å². The number of carbonyl (C=O) groups excluding carboxylic acids is 1. The van der Waals surface area contributed by atoms with Crippen molar-refractivity contribution in [1.29, 1.82) is 5.26 Å². The summed E-state index contributed by atoms with van der Waals surface area (Å²) in [6.07, 6.45) is 11.3. The Balaban J connectivity index is 0.000000224. The average molecular weight is 484 g/mol. The molecule has 182 valence electrons. The standard InChI is InChI=1S/C13H14ClNO.C12H15N3O.CH5N/c14-13-8-12(7-6-10(13)9-15)16-11-4-2-1-3-5-11;1-2-10-5-7-15(8-6-10)12-4-3-11(9-16)13-14-12;1-2/h6-8,11H,1-5H2;2-4,9-10H,1,5-8H2;2H2,1H3. The number of ether oxygens (including phenoxy) is 1. The van der Waals surface area contributed by atoms with E-state index in [1.807, 2.05) is 24.3 Å². The number of anilines is 1. The Kier molecular flexibility index (Phi) is 12.1. The van der Waals surface area contributed by atoms with Gasteiger partial charge in [0.15, 0.2) is 12.1 Å². The van der Waals surface area contributed by atoms with Crippen LogP contribution in [-0.4, -0.2) is 42.7 Å². The zero-order chi connectivity index (χ0) is 24.8. The zero-order valence-electron chi connectivity index (χ0n) is 19.8. The van der Waals surface area contributed by atoms with Gasteiger partial charge in [0.1, 0.15) is 17.5 Å². The van der Waals surface area contributed by atoms with Crippen molar-refractivity contribution >= 4 is 23.7 Å². The molecule has 0 unspecified atom stereocenters. The molecule has 1 saturated heterocycles. The van der Waals surface area contributed by atoms with Gasteiger partial charge in [-0.3, -0.25) is 4.79 Å². The highest BCUT2D eigenvalue weighted by Gasteiger charge is 2.18. The van der Waals surface area contributed by atoms with Crippen LogP contribution in [-0.2, 0) is 0 Å². The van der Waals surface area contributed by atoms with Crippen molar-refractivity contribution in [3.63, 3.8) is 0 Å². The fourth-order valence-electron chi connectivity index (χ4n) is 3.97. The summed E-state index contributed by atoms with van der Waals surface area (Å²) in [6, 6.07) is 10.9. The van der Waals surface area contributed by atoms with E-state index in [1.54, 1.807) is 18.2 Å². The SMILES string of the molecule is C=CC1CCN(c2ccc(C=O)nn2)CC1.CN.N#Cc1ccc(OC2CCCCC2)cc1Cl. The van der Waals surface area contributed by atoms with E-state index in [4.69, 9.17) is 21.6 Å². The lowest BCUT2D eigenvalue weighted by atomic mass is 9.97. The van der Waals surface area contributed by atoms with Crippen LogP contribution >= 0.6 is 11.6 Å². The highest BCUT2D eigenvalue weighted by molar-refractivity contribution is 6.31. The van der Waals surface area contributed by atoms with Crippen molar-refractivity contribution in [3.05, 3.63) is 59.3 Å². The maximum Gasteiger partial charge on any atom is 0.170 e. The third-order valence-corrected chi connectivity index (χ3v) is 6.22. The molecule has 0 radical (unpaired) electrons. The molecule has 1 aliphatic heterocycles. The van der Waals surface area contributed by atoms with E-state index in [2.05, 4.69) is 27.4 Å². The summed E-state index contributed by atoms with van der Waals surface area (Å²) in [5.41, 5.74) is 5.38. The van der Waals surface area contributed by atoms with Gasteiger partial charge in [0, 0.05) is 19.2 Å². The number of aromatic nitrogens is 2. The van der Waals surface area contributed by atoms with Crippen LogP contribution in [0.15, 0.2) is 43.0 Å². The quantitative estimate of drug-likeness (QED) is 0.460. The summed E-state index contributed by atoms with van der Waals surface area (Å²) in [7, 11) is 1.50. The second-order valence-electron chi connectivity index (χ2n) is 8.13. The number of hydrogen-bond acceptors (Lipinski definition) is 7. The van der Waals surface area contributed by atoms with Gasteiger partial charge < -0.3 is 15.4 Å². The van der Waals surface area contributed by atoms with E-state index in [0.717, 1.165) is 50.3 Å². The maximum absolute atomic E-state index is 10.4. The Hall–Kier alpha value is -2.95. The average Bonchev–Trinajstić information content (AvgIpc) is 2.91. The first-order chi connectivity index (χ1) is 16.6. The normalized spacial score (nSPS) is 16.1. The zero-order valence-corrected chi connectivity index (χ0v) is 20.6. The summed E-state index contributed by atoms with van der Waals surface area (Å²) < 4.78 is 5.84. The van der Waals surface area contributed by atoms with Gasteiger partial charge in [0.2, 0.25) is 0 Å². The highest BCUT2D eigenvalue weighted by Crippen LogP contribution is 2.27. The molecule has 0 bridgehead atoms. The smallest absolute Gasteiger partial charge is 0.170 e. The van der Waals surface area contributed by atoms with E-state index in [1.165, 1.54) is 26.3 Å². The number of benzene rings is 1. The van der Waals surface area contributed by atoms with Gasteiger partial charge in [-0.25, -0.2) is 0 Å². The summed E-state index contributed by atoms with van der Waals surface area (Å²) in [4.78, 5) is 12.6. The Labute approximate surface area is 207 Å². The van der Waals surface area contributed by atoms with Crippen molar-refractivity contribution in [2.45, 2.75) is 51.0 Å². The molecule has 34 heavy (non-hydrogen) atoms. The molecule has 2 aromatic rings. The Morgan fingerprint density at radius 2 is 1.82 bits per heavy atom. The van der Waals surface area contributed by atoms with Crippen molar-refractivity contribution in [3.8, 4) is 11.8 Å². The van der Waals surface area contributed by atoms with Crippen LogP contribution in [0.5, 0.6) is 5.75 Å². The number of hydrogen-bond donors (Lipinski definition) is 1. The molecule has 1 aliphatic carbocycles. The number of rotatable bonds is 5. The highest BCUT2D eigenvalue weighted by atomic mass is 35.5. The lowest BCUT2D eigenvalue weighted by Gasteiger charge is -2.31. The summed E-state index contributed by atoms with van der Waals surface area (Å²) >= 11 is 5.94. The topological polar surface area (TPSA) is 105 Å². The lowest BCUT2D eigenvalue weighted by molar-refractivity contribution is 0.111. The molecule has 7 nitrogen and oxygen atoms in total. The third kappa shape index (κ3) is 8.44. The van der Waals surface area contributed by atoms with Gasteiger partial charge in [0.05, 0.1) is 16.7 Å². The monoisotopic (exact) mass is 483 g/mol. The molecule has 2 aliphatic rings. The Morgan fingerprint density at radius 3 is 2.35 bits per heavy atom. The predicted octanol–water partition coefficient (Wildman–Crippen LogP) is 5.19. The minimum absolute atomic E-state index is 0.317. The fourth-order valence-corrected chi connectivity index (χ4v) is 4.18. The second-order valence-corrected chi connectivity index (χ2v) is 8.53. The molecular formula is C26H34ClN5O2. The van der Waals surface area contributed by atoms with Crippen LogP contribution in [0.3, 0.4) is 0 Å². The Bertz CT molecular complexity index is 931. The summed E-state index contributed by atoms with van der Waals surface area (Å²) in [6.45, 7) is 5.78. The summed E-state index contributed by atoms with van der Waals surface area (Å²) in [5.74, 6) is 2.25. The number of piperidine rings is 1. The molecule has 0 spiro atoms. The van der Waals surface area contributed by atoms with Gasteiger partial charge in [-0.05, 0) is 75.8 Å². The molecule has 2 fully saturated rings. The number of aldehydes is 1. The molecule has 8 heteroatoms. The minimum atomic E-state index is 0.317. The number of nitrogens with two attached hydrogens (primary N) is 1. The van der Waals surface area contributed by atoms with Crippen LogP contribution in [0.2, 0.25) is 5.02 Å². The van der Waals surface area contributed by atoms with E-state index in [-0.39, 0.29) is 0 Å². The van der Waals surface area contributed by atoms with Crippen LogP contribution in [0, 0.1) is 17.2 Å². The Morgan fingerprint density at radius 1 is 1.12 bits per heavy atom. The van der Waals surface area contributed by atoms with Crippen LogP contribution in [0.4, 0.5) is 5.82 Å². The summed E-state index contributed by atoms with van der Waals surface area (Å²) in [5, 5.41) is 17.1. The maximum atomic E-state index is 10.4. The molecule has 1 aromatic carbocycles. The van der Waals surface area contributed by atoms with Crippen LogP contribution in [0.1, 0.15) is 61.0 Å². The predicted molar refractivity (Wildman–Crippen MR) is 136 cm³/mol. The number of halogens is 1. The first-order valence-corrected chi connectivity index (χ1v) is 12.1. The van der Waals surface area contributed by atoms with Crippen LogP contribution < -0.4 is 15.4 Å². The molecule has 2 N–H and O–H groups in total. The van der Waals surface area contributed by atoms with Gasteiger partial charge in [-0.15, -0.1) is 16.8 Å². The van der Waals surface area contributed by atoms with Gasteiger partial charge >= 0.3 is 0 Å². The largest absolute Gasteiger partial charge is 0.490 e. The van der Waals surface area contributed by atoms with Gasteiger partial charge in [-0.1, -0.05) is 24.1 Å². The number of carbonyl (C=O) groups is 1. The minimum Gasteiger partial charge on any atom is -0.490 e. The molecule has 4 rings (SSSR count).